The number of carboxylic acid groups (broad SMARTS) is 1. The second-order valence-electron chi connectivity index (χ2n) is 4.19. The zero-order valence-electron chi connectivity index (χ0n) is 8.93. The zero-order chi connectivity index (χ0) is 11.7. The molecule has 0 spiro atoms. The molecule has 0 heterocycles. The second kappa shape index (κ2) is 3.96. The van der Waals surface area contributed by atoms with Gasteiger partial charge >= 0.3 is 5.97 Å². The van der Waals surface area contributed by atoms with Crippen molar-refractivity contribution in [3.8, 4) is 0 Å². The van der Waals surface area contributed by atoms with Crippen molar-refractivity contribution in [3.05, 3.63) is 29.8 Å². The van der Waals surface area contributed by atoms with Gasteiger partial charge in [-0.15, -0.1) is 0 Å². The Morgan fingerprint density at radius 1 is 1.31 bits per heavy atom. The van der Waals surface area contributed by atoms with Gasteiger partial charge in [0.15, 0.2) is 0 Å². The standard InChI is InChI=1S/C12H13NO3/c1-7-6-10(7)11(14)13-9-4-2-8(3-5-9)12(15)16/h2-5,7,10H,6H2,1H3,(H,13,14)(H,15,16)/t7-,10-/m0/s1. The first-order valence-electron chi connectivity index (χ1n) is 5.22. The van der Waals surface area contributed by atoms with Crippen LogP contribution in [-0.4, -0.2) is 17.0 Å². The quantitative estimate of drug-likeness (QED) is 0.816. The number of anilines is 1. The van der Waals surface area contributed by atoms with Crippen LogP contribution in [0.2, 0.25) is 0 Å². The number of carbonyl (C=O) groups excluding carboxylic acids is 1. The van der Waals surface area contributed by atoms with Crippen molar-refractivity contribution in [2.24, 2.45) is 11.8 Å². The molecule has 0 bridgehead atoms. The van der Waals surface area contributed by atoms with E-state index in [1.54, 1.807) is 12.1 Å². The van der Waals surface area contributed by atoms with Gasteiger partial charge in [-0.25, -0.2) is 4.79 Å². The van der Waals surface area contributed by atoms with Crippen molar-refractivity contribution < 1.29 is 14.7 Å². The van der Waals surface area contributed by atoms with E-state index in [1.165, 1.54) is 12.1 Å². The van der Waals surface area contributed by atoms with E-state index >= 15 is 0 Å². The summed E-state index contributed by atoms with van der Waals surface area (Å²) in [7, 11) is 0. The van der Waals surface area contributed by atoms with Crippen molar-refractivity contribution in [1.82, 2.24) is 0 Å². The molecule has 0 aromatic heterocycles. The Labute approximate surface area is 93.3 Å². The summed E-state index contributed by atoms with van der Waals surface area (Å²) in [5.74, 6) is -0.346. The fourth-order valence-corrected chi connectivity index (χ4v) is 1.62. The zero-order valence-corrected chi connectivity index (χ0v) is 8.93. The molecule has 2 atom stereocenters. The van der Waals surface area contributed by atoms with Gasteiger partial charge in [0.2, 0.25) is 5.91 Å². The maximum absolute atomic E-state index is 11.6. The summed E-state index contributed by atoms with van der Waals surface area (Å²) >= 11 is 0. The summed E-state index contributed by atoms with van der Waals surface area (Å²) in [5.41, 5.74) is 0.867. The third-order valence-corrected chi connectivity index (χ3v) is 2.85. The fourth-order valence-electron chi connectivity index (χ4n) is 1.62. The highest BCUT2D eigenvalue weighted by Gasteiger charge is 2.38. The van der Waals surface area contributed by atoms with Crippen LogP contribution in [0.15, 0.2) is 24.3 Å². The predicted octanol–water partition coefficient (Wildman–Crippen LogP) is 1.98. The molecule has 1 fully saturated rings. The van der Waals surface area contributed by atoms with Crippen molar-refractivity contribution in [2.75, 3.05) is 5.32 Å². The lowest BCUT2D eigenvalue weighted by Gasteiger charge is -2.04. The van der Waals surface area contributed by atoms with Gasteiger partial charge in [-0.1, -0.05) is 6.92 Å². The minimum absolute atomic E-state index is 0.0237. The van der Waals surface area contributed by atoms with Crippen molar-refractivity contribution in [3.63, 3.8) is 0 Å². The molecule has 0 unspecified atom stereocenters. The average molecular weight is 219 g/mol. The minimum Gasteiger partial charge on any atom is -0.478 e. The van der Waals surface area contributed by atoms with Gasteiger partial charge in [-0.2, -0.15) is 0 Å². The van der Waals surface area contributed by atoms with Gasteiger partial charge in [0.25, 0.3) is 0 Å². The van der Waals surface area contributed by atoms with Gasteiger partial charge in [0.1, 0.15) is 0 Å². The Hall–Kier alpha value is -1.84. The molecule has 1 saturated carbocycles. The highest BCUT2D eigenvalue weighted by atomic mass is 16.4. The molecule has 16 heavy (non-hydrogen) atoms. The lowest BCUT2D eigenvalue weighted by Crippen LogP contribution is -2.14. The van der Waals surface area contributed by atoms with E-state index in [2.05, 4.69) is 5.32 Å². The molecule has 0 radical (unpaired) electrons. The SMILES string of the molecule is C[C@H]1C[C@@H]1C(=O)Nc1ccc(C(=O)O)cc1. The van der Waals surface area contributed by atoms with Gasteiger partial charge in [0.05, 0.1) is 5.56 Å². The van der Waals surface area contributed by atoms with E-state index in [-0.39, 0.29) is 17.4 Å². The summed E-state index contributed by atoms with van der Waals surface area (Å²) in [6.45, 7) is 2.04. The fraction of sp³-hybridized carbons (Fsp3) is 0.333. The Bertz CT molecular complexity index is 424. The third kappa shape index (κ3) is 2.21. The number of carboxylic acids is 1. The summed E-state index contributed by atoms with van der Waals surface area (Å²) in [5, 5.41) is 11.5. The maximum atomic E-state index is 11.6. The van der Waals surface area contributed by atoms with Crippen molar-refractivity contribution in [2.45, 2.75) is 13.3 Å². The Morgan fingerprint density at radius 3 is 2.31 bits per heavy atom. The minimum atomic E-state index is -0.964. The lowest BCUT2D eigenvalue weighted by atomic mass is 10.2. The number of carbonyl (C=O) groups is 2. The van der Waals surface area contributed by atoms with Crippen LogP contribution >= 0.6 is 0 Å². The first-order valence-corrected chi connectivity index (χ1v) is 5.22. The first-order chi connectivity index (χ1) is 7.58. The van der Waals surface area contributed by atoms with Gasteiger partial charge in [-0.3, -0.25) is 4.79 Å². The smallest absolute Gasteiger partial charge is 0.335 e. The van der Waals surface area contributed by atoms with E-state index in [4.69, 9.17) is 5.11 Å². The van der Waals surface area contributed by atoms with E-state index in [9.17, 15) is 9.59 Å². The van der Waals surface area contributed by atoms with E-state index in [0.717, 1.165) is 6.42 Å². The Morgan fingerprint density at radius 2 is 1.88 bits per heavy atom. The highest BCUT2D eigenvalue weighted by molar-refractivity contribution is 5.95. The normalized spacial score (nSPS) is 22.6. The summed E-state index contributed by atoms with van der Waals surface area (Å²) in [4.78, 5) is 22.2. The van der Waals surface area contributed by atoms with Crippen molar-refractivity contribution in [1.29, 1.82) is 0 Å². The maximum Gasteiger partial charge on any atom is 0.335 e. The number of nitrogens with one attached hydrogen (secondary N) is 1. The average Bonchev–Trinajstić information content (AvgIpc) is 2.96. The highest BCUT2D eigenvalue weighted by Crippen LogP contribution is 2.38. The summed E-state index contributed by atoms with van der Waals surface area (Å²) < 4.78 is 0. The molecule has 1 aromatic carbocycles. The molecule has 0 aliphatic heterocycles. The summed E-state index contributed by atoms with van der Waals surface area (Å²) in [6.07, 6.45) is 0.943. The van der Waals surface area contributed by atoms with Crippen LogP contribution in [0.5, 0.6) is 0 Å². The third-order valence-electron chi connectivity index (χ3n) is 2.85. The molecular formula is C12H13NO3. The first kappa shape index (κ1) is 10.7. The van der Waals surface area contributed by atoms with Crippen LogP contribution in [0, 0.1) is 11.8 Å². The Kier molecular flexibility index (Phi) is 2.64. The van der Waals surface area contributed by atoms with Gasteiger partial charge < -0.3 is 10.4 Å². The second-order valence-corrected chi connectivity index (χ2v) is 4.19. The molecule has 0 saturated heterocycles. The molecule has 2 rings (SSSR count). The van der Waals surface area contributed by atoms with Crippen molar-refractivity contribution >= 4 is 17.6 Å². The molecule has 1 amide bonds. The van der Waals surface area contributed by atoms with Crippen LogP contribution < -0.4 is 5.32 Å². The lowest BCUT2D eigenvalue weighted by molar-refractivity contribution is -0.117. The van der Waals surface area contributed by atoms with Crippen LogP contribution in [0.25, 0.3) is 0 Å². The number of hydrogen-bond donors (Lipinski definition) is 2. The van der Waals surface area contributed by atoms with Crippen LogP contribution in [0.4, 0.5) is 5.69 Å². The molecule has 2 N–H and O–H groups in total. The largest absolute Gasteiger partial charge is 0.478 e. The molecule has 1 aliphatic carbocycles. The molecular weight excluding hydrogens is 206 g/mol. The molecule has 84 valence electrons. The summed E-state index contributed by atoms with van der Waals surface area (Å²) in [6, 6.07) is 6.17. The monoisotopic (exact) mass is 219 g/mol. The number of benzene rings is 1. The van der Waals surface area contributed by atoms with Crippen LogP contribution in [0.1, 0.15) is 23.7 Å². The number of aromatic carboxylic acids is 1. The van der Waals surface area contributed by atoms with Crippen LogP contribution in [-0.2, 0) is 4.79 Å². The van der Waals surface area contributed by atoms with E-state index in [0.29, 0.717) is 11.6 Å². The number of hydrogen-bond acceptors (Lipinski definition) is 2. The van der Waals surface area contributed by atoms with Gasteiger partial charge in [-0.05, 0) is 36.6 Å². The van der Waals surface area contributed by atoms with Gasteiger partial charge in [0, 0.05) is 11.6 Å². The Balaban J connectivity index is 2.00. The number of amides is 1. The van der Waals surface area contributed by atoms with Crippen LogP contribution in [0.3, 0.4) is 0 Å². The molecule has 4 heteroatoms. The molecule has 1 aliphatic rings. The topological polar surface area (TPSA) is 66.4 Å². The molecule has 1 aromatic rings. The van der Waals surface area contributed by atoms with E-state index < -0.39 is 5.97 Å². The molecule has 4 nitrogen and oxygen atoms in total. The number of rotatable bonds is 3. The predicted molar refractivity (Wildman–Crippen MR) is 59.3 cm³/mol. The van der Waals surface area contributed by atoms with E-state index in [1.807, 2.05) is 6.92 Å².